The topological polar surface area (TPSA) is 90.4 Å². The zero-order chi connectivity index (χ0) is 24.6. The highest BCUT2D eigenvalue weighted by Gasteiger charge is 2.66. The molecule has 4 rings (SSSR count). The number of ketones is 1. The van der Waals surface area contributed by atoms with Gasteiger partial charge in [-0.1, -0.05) is 18.2 Å². The molecular formula is C26H29N3O5. The number of amides is 2. The highest BCUT2D eigenvalue weighted by molar-refractivity contribution is 6.50. The van der Waals surface area contributed by atoms with Crippen LogP contribution in [0.5, 0.6) is 5.75 Å². The van der Waals surface area contributed by atoms with Gasteiger partial charge < -0.3 is 24.5 Å². The van der Waals surface area contributed by atoms with Crippen LogP contribution in [0, 0.1) is 0 Å². The van der Waals surface area contributed by atoms with Crippen LogP contribution in [0.2, 0.25) is 0 Å². The number of likely N-dealkylation sites (N-methyl/N-ethyl adjacent to an activating group) is 2. The summed E-state index contributed by atoms with van der Waals surface area (Å²) < 4.78 is 5.47. The normalized spacial score (nSPS) is 21.1. The first-order chi connectivity index (χ1) is 16.3. The number of rotatable bonds is 7. The lowest BCUT2D eigenvalue weighted by Crippen LogP contribution is -2.53. The number of carbonyl (C=O) groups is 3. The van der Waals surface area contributed by atoms with Crippen LogP contribution in [-0.4, -0.2) is 72.8 Å². The lowest BCUT2D eigenvalue weighted by molar-refractivity contribution is -0.143. The van der Waals surface area contributed by atoms with Crippen molar-refractivity contribution >= 4 is 29.0 Å². The molecule has 1 saturated heterocycles. The zero-order valence-corrected chi connectivity index (χ0v) is 19.9. The molecule has 2 amide bonds. The van der Waals surface area contributed by atoms with E-state index in [1.165, 1.54) is 4.90 Å². The Labute approximate surface area is 199 Å². The van der Waals surface area contributed by atoms with Crippen LogP contribution in [0.25, 0.3) is 5.76 Å². The van der Waals surface area contributed by atoms with Crippen molar-refractivity contribution in [1.82, 2.24) is 9.80 Å². The summed E-state index contributed by atoms with van der Waals surface area (Å²) in [4.78, 5) is 45.6. The van der Waals surface area contributed by atoms with Crippen molar-refractivity contribution < 1.29 is 24.2 Å². The molecule has 0 radical (unpaired) electrons. The van der Waals surface area contributed by atoms with Gasteiger partial charge in [-0.2, -0.15) is 0 Å². The Kier molecular flexibility index (Phi) is 6.18. The molecule has 1 atom stereocenters. The van der Waals surface area contributed by atoms with E-state index in [0.717, 1.165) is 0 Å². The maximum Gasteiger partial charge on any atom is 0.296 e. The van der Waals surface area contributed by atoms with Gasteiger partial charge in [0.05, 0.1) is 17.9 Å². The third-order valence-electron chi connectivity index (χ3n) is 6.34. The quantitative estimate of drug-likeness (QED) is 0.386. The molecule has 34 heavy (non-hydrogen) atoms. The fraction of sp³-hybridized carbons (Fsp3) is 0.346. The van der Waals surface area contributed by atoms with E-state index in [1.807, 2.05) is 38.9 Å². The SMILES string of the molecule is CCOc1ccc(/C(O)=C2/C(=O)C(=O)N(CCN(C)C)C23C(=O)N(CC)c2ccccc23)cc1. The summed E-state index contributed by atoms with van der Waals surface area (Å²) in [7, 11) is 3.71. The summed E-state index contributed by atoms with van der Waals surface area (Å²) in [5.74, 6) is -1.85. The molecule has 2 aliphatic rings. The molecule has 0 aromatic heterocycles. The first kappa shape index (κ1) is 23.5. The van der Waals surface area contributed by atoms with E-state index < -0.39 is 23.1 Å². The number of benzene rings is 2. The first-order valence-corrected chi connectivity index (χ1v) is 11.4. The second-order valence-electron chi connectivity index (χ2n) is 8.55. The minimum atomic E-state index is -1.72. The van der Waals surface area contributed by atoms with Gasteiger partial charge in [0.25, 0.3) is 17.6 Å². The molecule has 8 nitrogen and oxygen atoms in total. The van der Waals surface area contributed by atoms with E-state index in [9.17, 15) is 19.5 Å². The number of aliphatic hydroxyl groups is 1. The monoisotopic (exact) mass is 463 g/mol. The van der Waals surface area contributed by atoms with Crippen molar-refractivity contribution in [2.45, 2.75) is 19.4 Å². The van der Waals surface area contributed by atoms with Crippen molar-refractivity contribution in [3.05, 3.63) is 65.2 Å². The van der Waals surface area contributed by atoms with Crippen molar-refractivity contribution in [3.63, 3.8) is 0 Å². The Morgan fingerprint density at radius 1 is 1.03 bits per heavy atom. The average molecular weight is 464 g/mol. The van der Waals surface area contributed by atoms with Crippen LogP contribution in [0.15, 0.2) is 54.1 Å². The van der Waals surface area contributed by atoms with Gasteiger partial charge in [0.1, 0.15) is 11.5 Å². The van der Waals surface area contributed by atoms with Crippen LogP contribution in [0.1, 0.15) is 25.0 Å². The fourth-order valence-electron chi connectivity index (χ4n) is 4.80. The van der Waals surface area contributed by atoms with Gasteiger partial charge in [0.15, 0.2) is 5.54 Å². The van der Waals surface area contributed by atoms with E-state index in [2.05, 4.69) is 0 Å². The Hall–Kier alpha value is -3.65. The van der Waals surface area contributed by atoms with Crippen molar-refractivity contribution in [3.8, 4) is 5.75 Å². The number of Topliss-reactive ketones (excluding diaryl/α,β-unsaturated/α-hetero) is 1. The molecule has 0 saturated carbocycles. The Morgan fingerprint density at radius 3 is 2.32 bits per heavy atom. The number of carbonyl (C=O) groups excluding carboxylic acids is 3. The lowest BCUT2D eigenvalue weighted by atomic mass is 9.82. The number of aliphatic hydroxyl groups excluding tert-OH is 1. The van der Waals surface area contributed by atoms with Crippen LogP contribution >= 0.6 is 0 Å². The van der Waals surface area contributed by atoms with Crippen LogP contribution in [-0.2, 0) is 19.9 Å². The van der Waals surface area contributed by atoms with Gasteiger partial charge in [0, 0.05) is 30.8 Å². The third-order valence-corrected chi connectivity index (χ3v) is 6.34. The molecular weight excluding hydrogens is 434 g/mol. The highest BCUT2D eigenvalue weighted by Crippen LogP contribution is 2.53. The molecule has 2 heterocycles. The molecule has 178 valence electrons. The molecule has 2 aromatic rings. The van der Waals surface area contributed by atoms with Crippen molar-refractivity contribution in [2.75, 3.05) is 45.2 Å². The molecule has 1 unspecified atom stereocenters. The number of para-hydroxylation sites is 1. The first-order valence-electron chi connectivity index (χ1n) is 11.4. The number of anilines is 1. The fourth-order valence-corrected chi connectivity index (χ4v) is 4.80. The van der Waals surface area contributed by atoms with Crippen molar-refractivity contribution in [1.29, 1.82) is 0 Å². The largest absolute Gasteiger partial charge is 0.507 e. The third kappa shape index (κ3) is 3.37. The van der Waals surface area contributed by atoms with Gasteiger partial charge in [-0.25, -0.2) is 0 Å². The van der Waals surface area contributed by atoms with Gasteiger partial charge in [-0.15, -0.1) is 0 Å². The van der Waals surface area contributed by atoms with E-state index in [0.29, 0.717) is 42.3 Å². The number of ether oxygens (including phenoxy) is 1. The Morgan fingerprint density at radius 2 is 1.71 bits per heavy atom. The molecule has 1 spiro atoms. The molecule has 1 fully saturated rings. The molecule has 8 heteroatoms. The Balaban J connectivity index is 1.99. The number of hydrogen-bond donors (Lipinski definition) is 1. The summed E-state index contributed by atoms with van der Waals surface area (Å²) in [5, 5.41) is 11.4. The summed E-state index contributed by atoms with van der Waals surface area (Å²) >= 11 is 0. The number of hydrogen-bond acceptors (Lipinski definition) is 6. The van der Waals surface area contributed by atoms with Gasteiger partial charge >= 0.3 is 0 Å². The summed E-state index contributed by atoms with van der Waals surface area (Å²) in [6, 6.07) is 13.7. The minimum absolute atomic E-state index is 0.148. The van der Waals surface area contributed by atoms with E-state index in [1.54, 1.807) is 47.4 Å². The van der Waals surface area contributed by atoms with Gasteiger partial charge in [0.2, 0.25) is 0 Å². The Bertz CT molecular complexity index is 1170. The van der Waals surface area contributed by atoms with E-state index >= 15 is 0 Å². The summed E-state index contributed by atoms with van der Waals surface area (Å²) in [6.07, 6.45) is 0. The second kappa shape index (κ2) is 8.95. The lowest BCUT2D eigenvalue weighted by Gasteiger charge is -2.35. The highest BCUT2D eigenvalue weighted by atomic mass is 16.5. The van der Waals surface area contributed by atoms with E-state index in [-0.39, 0.29) is 17.9 Å². The molecule has 2 aliphatic heterocycles. The zero-order valence-electron chi connectivity index (χ0n) is 19.9. The van der Waals surface area contributed by atoms with Gasteiger partial charge in [-0.05, 0) is 58.3 Å². The maximum atomic E-state index is 14.1. The number of likely N-dealkylation sites (tertiary alicyclic amines) is 1. The molecule has 2 aromatic carbocycles. The predicted octanol–water partition coefficient (Wildman–Crippen LogP) is 2.59. The van der Waals surface area contributed by atoms with Crippen LogP contribution < -0.4 is 9.64 Å². The van der Waals surface area contributed by atoms with Crippen molar-refractivity contribution in [2.24, 2.45) is 0 Å². The summed E-state index contributed by atoms with van der Waals surface area (Å²) in [6.45, 7) is 5.14. The second-order valence-corrected chi connectivity index (χ2v) is 8.55. The molecule has 0 bridgehead atoms. The van der Waals surface area contributed by atoms with Gasteiger partial charge in [-0.3, -0.25) is 14.4 Å². The maximum absolute atomic E-state index is 14.1. The predicted molar refractivity (Wildman–Crippen MR) is 129 cm³/mol. The number of fused-ring (bicyclic) bond motifs is 2. The summed E-state index contributed by atoms with van der Waals surface area (Å²) in [5.41, 5.74) is -0.446. The number of nitrogens with zero attached hydrogens (tertiary/aromatic N) is 3. The smallest absolute Gasteiger partial charge is 0.296 e. The average Bonchev–Trinajstić information content (AvgIpc) is 3.20. The molecule has 0 aliphatic carbocycles. The minimum Gasteiger partial charge on any atom is -0.507 e. The van der Waals surface area contributed by atoms with Crippen LogP contribution in [0.4, 0.5) is 5.69 Å². The molecule has 1 N–H and O–H groups in total. The standard InChI is InChI=1S/C26H29N3O5/c1-5-28-20-10-8-7-9-19(20)26(25(28)33)21(23(31)24(32)29(26)16-15-27(3)4)22(30)17-11-13-18(14-12-17)34-6-2/h7-14,30H,5-6,15-16H2,1-4H3/b22-21+. The van der Waals surface area contributed by atoms with Crippen LogP contribution in [0.3, 0.4) is 0 Å². The van der Waals surface area contributed by atoms with E-state index in [4.69, 9.17) is 4.74 Å².